The van der Waals surface area contributed by atoms with Crippen LogP contribution in [0.3, 0.4) is 0 Å². The molecule has 2 aromatic carbocycles. The van der Waals surface area contributed by atoms with Crippen LogP contribution in [0, 0.1) is 0 Å². The van der Waals surface area contributed by atoms with Gasteiger partial charge >= 0.3 is 0 Å². The van der Waals surface area contributed by atoms with Crippen molar-refractivity contribution in [2.45, 2.75) is 13.0 Å². The second-order valence-electron chi connectivity index (χ2n) is 4.13. The van der Waals surface area contributed by atoms with E-state index in [0.717, 1.165) is 15.9 Å². The number of benzene rings is 2. The molecule has 1 N–H and O–H groups in total. The molecular weight excluding hydrogens is 290 g/mol. The Morgan fingerprint density at radius 3 is 2.44 bits per heavy atom. The van der Waals surface area contributed by atoms with E-state index in [9.17, 15) is 0 Å². The fourth-order valence-corrected chi connectivity index (χ4v) is 2.37. The van der Waals surface area contributed by atoms with Gasteiger partial charge in [-0.1, -0.05) is 30.3 Å². The minimum atomic E-state index is 0.270. The first-order valence-electron chi connectivity index (χ1n) is 5.85. The maximum Gasteiger partial charge on any atom is 0.133 e. The lowest BCUT2D eigenvalue weighted by Crippen LogP contribution is -2.06. The highest BCUT2D eigenvalue weighted by Gasteiger charge is 2.06. The summed E-state index contributed by atoms with van der Waals surface area (Å²) in [7, 11) is 1.67. The maximum absolute atomic E-state index is 5.21. The highest BCUT2D eigenvalue weighted by Crippen LogP contribution is 2.29. The first kappa shape index (κ1) is 13.0. The third-order valence-corrected chi connectivity index (χ3v) is 3.45. The van der Waals surface area contributed by atoms with E-state index in [4.69, 9.17) is 4.74 Å². The normalized spacial score (nSPS) is 11.9. The van der Waals surface area contributed by atoms with Gasteiger partial charge in [0.05, 0.1) is 11.6 Å². The van der Waals surface area contributed by atoms with Crippen molar-refractivity contribution in [3.8, 4) is 5.75 Å². The maximum atomic E-state index is 5.21. The van der Waals surface area contributed by atoms with E-state index in [-0.39, 0.29) is 6.04 Å². The molecule has 0 aliphatic rings. The van der Waals surface area contributed by atoms with Crippen LogP contribution in [-0.4, -0.2) is 7.11 Å². The minimum Gasteiger partial charge on any atom is -0.496 e. The number of hydrogen-bond donors (Lipinski definition) is 1. The highest BCUT2D eigenvalue weighted by atomic mass is 79.9. The van der Waals surface area contributed by atoms with Gasteiger partial charge in [-0.3, -0.25) is 0 Å². The predicted octanol–water partition coefficient (Wildman–Crippen LogP) is 4.63. The largest absolute Gasteiger partial charge is 0.496 e. The van der Waals surface area contributed by atoms with Crippen molar-refractivity contribution in [1.82, 2.24) is 0 Å². The lowest BCUT2D eigenvalue weighted by Gasteiger charge is -2.16. The van der Waals surface area contributed by atoms with E-state index >= 15 is 0 Å². The van der Waals surface area contributed by atoms with E-state index in [1.165, 1.54) is 5.56 Å². The van der Waals surface area contributed by atoms with Gasteiger partial charge in [0.25, 0.3) is 0 Å². The number of halogens is 1. The van der Waals surface area contributed by atoms with Gasteiger partial charge in [-0.25, -0.2) is 0 Å². The van der Waals surface area contributed by atoms with Crippen molar-refractivity contribution in [1.29, 1.82) is 0 Å². The monoisotopic (exact) mass is 305 g/mol. The average Bonchev–Trinajstić information content (AvgIpc) is 2.40. The number of rotatable bonds is 4. The van der Waals surface area contributed by atoms with Crippen molar-refractivity contribution >= 4 is 21.6 Å². The third kappa shape index (κ3) is 3.05. The van der Waals surface area contributed by atoms with Gasteiger partial charge in [0, 0.05) is 11.7 Å². The Hall–Kier alpha value is -1.48. The van der Waals surface area contributed by atoms with Crippen LogP contribution in [0.15, 0.2) is 53.0 Å². The molecule has 2 aromatic rings. The van der Waals surface area contributed by atoms with Crippen molar-refractivity contribution in [2.24, 2.45) is 0 Å². The molecule has 18 heavy (non-hydrogen) atoms. The predicted molar refractivity (Wildman–Crippen MR) is 79.2 cm³/mol. The number of hydrogen-bond acceptors (Lipinski definition) is 2. The molecule has 2 nitrogen and oxygen atoms in total. The molecular formula is C15H16BrNO. The van der Waals surface area contributed by atoms with Crippen molar-refractivity contribution in [2.75, 3.05) is 12.4 Å². The Morgan fingerprint density at radius 1 is 1.11 bits per heavy atom. The van der Waals surface area contributed by atoms with E-state index in [2.05, 4.69) is 52.4 Å². The summed E-state index contributed by atoms with van der Waals surface area (Å²) in [6.07, 6.45) is 0. The first-order valence-corrected chi connectivity index (χ1v) is 6.65. The van der Waals surface area contributed by atoms with Crippen LogP contribution < -0.4 is 10.1 Å². The summed E-state index contributed by atoms with van der Waals surface area (Å²) in [6.45, 7) is 2.15. The number of anilines is 1. The Kier molecular flexibility index (Phi) is 4.26. The summed E-state index contributed by atoms with van der Waals surface area (Å²) in [5.74, 6) is 0.841. The van der Waals surface area contributed by atoms with Crippen LogP contribution in [0.25, 0.3) is 0 Å². The zero-order valence-electron chi connectivity index (χ0n) is 10.5. The molecule has 2 rings (SSSR count). The molecule has 0 radical (unpaired) electrons. The fraction of sp³-hybridized carbons (Fsp3) is 0.200. The Balaban J connectivity index is 2.12. The lowest BCUT2D eigenvalue weighted by molar-refractivity contribution is 0.412. The quantitative estimate of drug-likeness (QED) is 0.889. The molecule has 0 heterocycles. The molecule has 1 unspecified atom stereocenters. The minimum absolute atomic E-state index is 0.270. The van der Waals surface area contributed by atoms with Gasteiger partial charge < -0.3 is 10.1 Å². The summed E-state index contributed by atoms with van der Waals surface area (Å²) in [5, 5.41) is 3.46. The Labute approximate surface area is 116 Å². The van der Waals surface area contributed by atoms with E-state index in [1.807, 2.05) is 24.3 Å². The molecule has 0 aliphatic carbocycles. The highest BCUT2D eigenvalue weighted by molar-refractivity contribution is 9.10. The van der Waals surface area contributed by atoms with Gasteiger partial charge in [0.15, 0.2) is 0 Å². The molecule has 1 atom stereocenters. The molecule has 3 heteroatoms. The van der Waals surface area contributed by atoms with E-state index in [1.54, 1.807) is 7.11 Å². The zero-order valence-corrected chi connectivity index (χ0v) is 12.1. The van der Waals surface area contributed by atoms with Crippen molar-refractivity contribution in [3.63, 3.8) is 0 Å². The summed E-state index contributed by atoms with van der Waals surface area (Å²) in [5.41, 5.74) is 2.34. The van der Waals surface area contributed by atoms with Crippen LogP contribution in [-0.2, 0) is 0 Å². The smallest absolute Gasteiger partial charge is 0.133 e. The molecule has 0 aliphatic heterocycles. The van der Waals surface area contributed by atoms with E-state index in [0.29, 0.717) is 0 Å². The second-order valence-corrected chi connectivity index (χ2v) is 4.98. The van der Waals surface area contributed by atoms with E-state index < -0.39 is 0 Å². The Morgan fingerprint density at radius 2 is 1.83 bits per heavy atom. The Bertz CT molecular complexity index is 513. The zero-order chi connectivity index (χ0) is 13.0. The first-order chi connectivity index (χ1) is 8.70. The molecule has 0 fully saturated rings. The van der Waals surface area contributed by atoms with Crippen LogP contribution in [0.5, 0.6) is 5.75 Å². The van der Waals surface area contributed by atoms with Gasteiger partial charge in [-0.15, -0.1) is 0 Å². The van der Waals surface area contributed by atoms with Gasteiger partial charge in [-0.05, 0) is 46.6 Å². The topological polar surface area (TPSA) is 21.3 Å². The standard InChI is InChI=1S/C15H16BrNO/c1-11(12-6-4-3-5-7-12)17-13-8-9-15(18-2)14(16)10-13/h3-11,17H,1-2H3. The number of ether oxygens (including phenoxy) is 1. The van der Waals surface area contributed by atoms with Crippen LogP contribution in [0.4, 0.5) is 5.69 Å². The molecule has 0 amide bonds. The summed E-state index contributed by atoms with van der Waals surface area (Å²) in [6, 6.07) is 16.6. The SMILES string of the molecule is COc1ccc(NC(C)c2ccccc2)cc1Br. The molecule has 0 bridgehead atoms. The number of nitrogens with one attached hydrogen (secondary N) is 1. The van der Waals surface area contributed by atoms with Gasteiger partial charge in [0.1, 0.15) is 5.75 Å². The lowest BCUT2D eigenvalue weighted by atomic mass is 10.1. The molecule has 0 saturated heterocycles. The average molecular weight is 306 g/mol. The molecule has 0 aromatic heterocycles. The van der Waals surface area contributed by atoms with Gasteiger partial charge in [-0.2, -0.15) is 0 Å². The molecule has 0 spiro atoms. The number of methoxy groups -OCH3 is 1. The van der Waals surface area contributed by atoms with Gasteiger partial charge in [0.2, 0.25) is 0 Å². The van der Waals surface area contributed by atoms with Crippen molar-refractivity contribution in [3.05, 3.63) is 58.6 Å². The van der Waals surface area contributed by atoms with Crippen LogP contribution in [0.2, 0.25) is 0 Å². The summed E-state index contributed by atoms with van der Waals surface area (Å²) in [4.78, 5) is 0. The fourth-order valence-electron chi connectivity index (χ4n) is 1.83. The van der Waals surface area contributed by atoms with Crippen molar-refractivity contribution < 1.29 is 4.74 Å². The summed E-state index contributed by atoms with van der Waals surface area (Å²) < 4.78 is 6.17. The molecule has 94 valence electrons. The summed E-state index contributed by atoms with van der Waals surface area (Å²) >= 11 is 3.49. The second kappa shape index (κ2) is 5.91. The third-order valence-electron chi connectivity index (χ3n) is 2.83. The van der Waals surface area contributed by atoms with Crippen LogP contribution >= 0.6 is 15.9 Å². The molecule has 0 saturated carbocycles. The van der Waals surface area contributed by atoms with Crippen LogP contribution in [0.1, 0.15) is 18.5 Å².